The second-order valence-corrected chi connectivity index (χ2v) is 3.47. The number of hydrogen-bond acceptors (Lipinski definition) is 1. The molecule has 0 spiro atoms. The lowest BCUT2D eigenvalue weighted by atomic mass is 10.1. The maximum Gasteiger partial charge on any atom is 0.175 e. The molecule has 2 heteroatoms. The Morgan fingerprint density at radius 2 is 2.21 bits per heavy atom. The summed E-state index contributed by atoms with van der Waals surface area (Å²) in [7, 11) is 0. The monoisotopic (exact) mass is 187 g/mol. The molecule has 0 aliphatic heterocycles. The third kappa shape index (κ3) is 1.33. The van der Waals surface area contributed by atoms with E-state index in [1.807, 2.05) is 18.2 Å². The van der Waals surface area contributed by atoms with Gasteiger partial charge in [-0.15, -0.1) is 0 Å². The molecule has 1 N–H and O–H groups in total. The van der Waals surface area contributed by atoms with Gasteiger partial charge >= 0.3 is 0 Å². The Labute approximate surface area is 82.9 Å². The third-order valence-corrected chi connectivity index (χ3v) is 2.50. The SMILES string of the molecule is CCc1cccc2cc(C(C)=O)[nH]c12. The van der Waals surface area contributed by atoms with Crippen molar-refractivity contribution in [2.45, 2.75) is 20.3 Å². The second-order valence-electron chi connectivity index (χ2n) is 3.47. The molecule has 2 aromatic rings. The average molecular weight is 187 g/mol. The molecule has 0 fully saturated rings. The maximum absolute atomic E-state index is 11.2. The fraction of sp³-hybridized carbons (Fsp3) is 0.250. The molecular weight excluding hydrogens is 174 g/mol. The topological polar surface area (TPSA) is 32.9 Å². The first-order valence-corrected chi connectivity index (χ1v) is 4.84. The van der Waals surface area contributed by atoms with Crippen molar-refractivity contribution in [2.75, 3.05) is 0 Å². The summed E-state index contributed by atoms with van der Waals surface area (Å²) >= 11 is 0. The van der Waals surface area contributed by atoms with Crippen LogP contribution >= 0.6 is 0 Å². The van der Waals surface area contributed by atoms with E-state index in [1.54, 1.807) is 6.92 Å². The largest absolute Gasteiger partial charge is 0.352 e. The minimum atomic E-state index is 0.0863. The van der Waals surface area contributed by atoms with Crippen LogP contribution in [0.2, 0.25) is 0 Å². The van der Waals surface area contributed by atoms with Gasteiger partial charge < -0.3 is 4.98 Å². The molecule has 72 valence electrons. The number of fused-ring (bicyclic) bond motifs is 1. The Balaban J connectivity index is 2.70. The molecule has 1 heterocycles. The Morgan fingerprint density at radius 1 is 1.43 bits per heavy atom. The number of carbonyl (C=O) groups excluding carboxylic acids is 1. The summed E-state index contributed by atoms with van der Waals surface area (Å²) in [6.45, 7) is 3.69. The summed E-state index contributed by atoms with van der Waals surface area (Å²) in [5, 5.41) is 1.12. The lowest BCUT2D eigenvalue weighted by Gasteiger charge is -1.97. The average Bonchev–Trinajstić information content (AvgIpc) is 2.60. The van der Waals surface area contributed by atoms with Gasteiger partial charge in [0, 0.05) is 17.8 Å². The predicted octanol–water partition coefficient (Wildman–Crippen LogP) is 2.93. The van der Waals surface area contributed by atoms with Crippen molar-refractivity contribution in [3.63, 3.8) is 0 Å². The van der Waals surface area contributed by atoms with E-state index >= 15 is 0 Å². The number of hydrogen-bond donors (Lipinski definition) is 1. The van der Waals surface area contributed by atoms with Gasteiger partial charge in [0.05, 0.1) is 5.69 Å². The second kappa shape index (κ2) is 3.29. The lowest BCUT2D eigenvalue weighted by Crippen LogP contribution is -1.90. The summed E-state index contributed by atoms with van der Waals surface area (Å²) in [6, 6.07) is 8.05. The number of carbonyl (C=O) groups is 1. The minimum Gasteiger partial charge on any atom is -0.352 e. The molecule has 0 aliphatic rings. The number of Topliss-reactive ketones (excluding diaryl/α,β-unsaturated/α-hetero) is 1. The van der Waals surface area contributed by atoms with Gasteiger partial charge in [0.1, 0.15) is 0 Å². The Kier molecular flexibility index (Phi) is 2.12. The van der Waals surface area contributed by atoms with Gasteiger partial charge in [-0.1, -0.05) is 25.1 Å². The Morgan fingerprint density at radius 3 is 2.86 bits per heavy atom. The van der Waals surface area contributed by atoms with Gasteiger partial charge in [-0.2, -0.15) is 0 Å². The van der Waals surface area contributed by atoms with Crippen molar-refractivity contribution in [1.29, 1.82) is 0 Å². The molecular formula is C12H13NO. The molecule has 0 saturated carbocycles. The highest BCUT2D eigenvalue weighted by atomic mass is 16.1. The zero-order valence-corrected chi connectivity index (χ0v) is 8.42. The normalized spacial score (nSPS) is 10.7. The first kappa shape index (κ1) is 9.00. The van der Waals surface area contributed by atoms with Gasteiger partial charge in [0.25, 0.3) is 0 Å². The van der Waals surface area contributed by atoms with Crippen LogP contribution in [-0.4, -0.2) is 10.8 Å². The third-order valence-electron chi connectivity index (χ3n) is 2.50. The molecule has 2 nitrogen and oxygen atoms in total. The van der Waals surface area contributed by atoms with Crippen LogP contribution in [-0.2, 0) is 6.42 Å². The van der Waals surface area contributed by atoms with Crippen LogP contribution in [0.5, 0.6) is 0 Å². The van der Waals surface area contributed by atoms with Crippen LogP contribution in [0.4, 0.5) is 0 Å². The summed E-state index contributed by atoms with van der Waals surface area (Å²) in [4.78, 5) is 14.3. The zero-order valence-electron chi connectivity index (χ0n) is 8.42. The van der Waals surface area contributed by atoms with Crippen LogP contribution < -0.4 is 0 Å². The first-order chi connectivity index (χ1) is 6.72. The van der Waals surface area contributed by atoms with Gasteiger partial charge in [0.2, 0.25) is 0 Å². The molecule has 0 saturated heterocycles. The summed E-state index contributed by atoms with van der Waals surface area (Å²) in [5.41, 5.74) is 3.05. The molecule has 0 unspecified atom stereocenters. The van der Waals surface area contributed by atoms with Crippen molar-refractivity contribution in [2.24, 2.45) is 0 Å². The molecule has 1 aromatic carbocycles. The van der Waals surface area contributed by atoms with E-state index < -0.39 is 0 Å². The van der Waals surface area contributed by atoms with Crippen LogP contribution in [0.15, 0.2) is 24.3 Å². The van der Waals surface area contributed by atoms with Crippen molar-refractivity contribution in [3.8, 4) is 0 Å². The Bertz CT molecular complexity index is 482. The summed E-state index contributed by atoms with van der Waals surface area (Å²) < 4.78 is 0. The number of benzene rings is 1. The first-order valence-electron chi connectivity index (χ1n) is 4.84. The number of nitrogens with one attached hydrogen (secondary N) is 1. The van der Waals surface area contributed by atoms with E-state index in [1.165, 1.54) is 5.56 Å². The van der Waals surface area contributed by atoms with Crippen molar-refractivity contribution in [1.82, 2.24) is 4.98 Å². The van der Waals surface area contributed by atoms with E-state index in [0.29, 0.717) is 5.69 Å². The Hall–Kier alpha value is -1.57. The summed E-state index contributed by atoms with van der Waals surface area (Å²) in [6.07, 6.45) is 0.981. The van der Waals surface area contributed by atoms with Gasteiger partial charge in [-0.25, -0.2) is 0 Å². The molecule has 0 radical (unpaired) electrons. The van der Waals surface area contributed by atoms with Gasteiger partial charge in [-0.05, 0) is 18.1 Å². The highest BCUT2D eigenvalue weighted by molar-refractivity contribution is 5.98. The highest BCUT2D eigenvalue weighted by Gasteiger charge is 2.06. The van der Waals surface area contributed by atoms with E-state index in [9.17, 15) is 4.79 Å². The number of rotatable bonds is 2. The molecule has 2 rings (SSSR count). The molecule has 1 aromatic heterocycles. The van der Waals surface area contributed by atoms with Crippen LogP contribution in [0.3, 0.4) is 0 Å². The van der Waals surface area contributed by atoms with Gasteiger partial charge in [-0.3, -0.25) is 4.79 Å². The zero-order chi connectivity index (χ0) is 10.1. The maximum atomic E-state index is 11.2. The van der Waals surface area contributed by atoms with Gasteiger partial charge in [0.15, 0.2) is 5.78 Å². The van der Waals surface area contributed by atoms with Crippen molar-refractivity contribution < 1.29 is 4.79 Å². The molecule has 0 aliphatic carbocycles. The lowest BCUT2D eigenvalue weighted by molar-refractivity contribution is 0.101. The van der Waals surface area contributed by atoms with E-state index in [0.717, 1.165) is 17.3 Å². The van der Waals surface area contributed by atoms with E-state index in [2.05, 4.69) is 18.0 Å². The summed E-state index contributed by atoms with van der Waals surface area (Å²) in [5.74, 6) is 0.0863. The quantitative estimate of drug-likeness (QED) is 0.720. The van der Waals surface area contributed by atoms with Crippen LogP contribution in [0, 0.1) is 0 Å². The standard InChI is InChI=1S/C12H13NO/c1-3-9-5-4-6-10-7-11(8(2)14)13-12(9)10/h4-7,13H,3H2,1-2H3. The molecule has 14 heavy (non-hydrogen) atoms. The highest BCUT2D eigenvalue weighted by Crippen LogP contribution is 2.20. The smallest absolute Gasteiger partial charge is 0.175 e. The molecule has 0 atom stereocenters. The number of aryl methyl sites for hydroxylation is 1. The number of para-hydroxylation sites is 1. The van der Waals surface area contributed by atoms with Crippen LogP contribution in [0.1, 0.15) is 29.9 Å². The fourth-order valence-corrected chi connectivity index (χ4v) is 1.70. The van der Waals surface area contributed by atoms with E-state index in [-0.39, 0.29) is 5.78 Å². The number of ketones is 1. The fourth-order valence-electron chi connectivity index (χ4n) is 1.70. The number of aromatic amines is 1. The molecule has 0 bridgehead atoms. The number of H-pyrrole nitrogens is 1. The van der Waals surface area contributed by atoms with E-state index in [4.69, 9.17) is 0 Å². The predicted molar refractivity (Wildman–Crippen MR) is 57.7 cm³/mol. The number of aromatic nitrogens is 1. The van der Waals surface area contributed by atoms with Crippen molar-refractivity contribution >= 4 is 16.7 Å². The minimum absolute atomic E-state index is 0.0863. The van der Waals surface area contributed by atoms with Crippen molar-refractivity contribution in [3.05, 3.63) is 35.5 Å². The van der Waals surface area contributed by atoms with Crippen LogP contribution in [0.25, 0.3) is 10.9 Å². The molecule has 0 amide bonds.